The van der Waals surface area contributed by atoms with Crippen molar-refractivity contribution in [3.05, 3.63) is 23.8 Å². The minimum atomic E-state index is 0.359. The molecular formula is C12H15NO2. The van der Waals surface area contributed by atoms with Crippen LogP contribution in [-0.2, 0) is 0 Å². The first kappa shape index (κ1) is 9.04. The van der Waals surface area contributed by atoms with E-state index < -0.39 is 0 Å². The van der Waals surface area contributed by atoms with E-state index in [0.29, 0.717) is 18.8 Å². The predicted octanol–water partition coefficient (Wildman–Crippen LogP) is 1.88. The Hall–Kier alpha value is -1.22. The Morgan fingerprint density at radius 1 is 1.27 bits per heavy atom. The monoisotopic (exact) mass is 205 g/mol. The van der Waals surface area contributed by atoms with Crippen LogP contribution < -0.4 is 14.8 Å². The van der Waals surface area contributed by atoms with E-state index in [1.54, 1.807) is 0 Å². The molecule has 15 heavy (non-hydrogen) atoms. The third kappa shape index (κ3) is 1.57. The Labute approximate surface area is 89.4 Å². The van der Waals surface area contributed by atoms with Gasteiger partial charge in [-0.1, -0.05) is 6.07 Å². The number of rotatable bonds is 1. The quantitative estimate of drug-likeness (QED) is 0.759. The summed E-state index contributed by atoms with van der Waals surface area (Å²) in [5, 5.41) is 3.46. The first-order valence-corrected chi connectivity index (χ1v) is 5.46. The molecule has 1 aromatic rings. The zero-order valence-electron chi connectivity index (χ0n) is 8.82. The Kier molecular flexibility index (Phi) is 2.06. The van der Waals surface area contributed by atoms with Crippen LogP contribution in [0.2, 0.25) is 0 Å². The molecule has 1 saturated heterocycles. The van der Waals surface area contributed by atoms with Crippen molar-refractivity contribution in [2.45, 2.75) is 25.3 Å². The summed E-state index contributed by atoms with van der Waals surface area (Å²) in [6.07, 6.45) is 1.21. The summed E-state index contributed by atoms with van der Waals surface area (Å²) in [6.45, 7) is 3.66. The topological polar surface area (TPSA) is 30.5 Å². The van der Waals surface area contributed by atoms with E-state index in [1.165, 1.54) is 12.0 Å². The van der Waals surface area contributed by atoms with Crippen LogP contribution in [0.5, 0.6) is 11.5 Å². The van der Waals surface area contributed by atoms with Crippen LogP contribution in [0.4, 0.5) is 0 Å². The number of hydrogen-bond donors (Lipinski definition) is 1. The summed E-state index contributed by atoms with van der Waals surface area (Å²) >= 11 is 0. The molecule has 2 aliphatic rings. The molecule has 1 fully saturated rings. The molecule has 0 saturated carbocycles. The van der Waals surface area contributed by atoms with Crippen molar-refractivity contribution in [3.8, 4) is 11.5 Å². The second-order valence-electron chi connectivity index (χ2n) is 4.35. The first-order chi connectivity index (χ1) is 7.33. The van der Waals surface area contributed by atoms with Gasteiger partial charge in [-0.15, -0.1) is 0 Å². The lowest BCUT2D eigenvalue weighted by Gasteiger charge is -2.09. The van der Waals surface area contributed by atoms with Gasteiger partial charge in [-0.25, -0.2) is 0 Å². The fourth-order valence-corrected chi connectivity index (χ4v) is 2.36. The van der Waals surface area contributed by atoms with E-state index in [1.807, 2.05) is 6.07 Å². The van der Waals surface area contributed by atoms with Gasteiger partial charge in [0, 0.05) is 12.6 Å². The summed E-state index contributed by atoms with van der Waals surface area (Å²) in [6, 6.07) is 6.91. The standard InChI is InChI=1S/C12H15NO2/c1-8-4-10(6-13-8)9-2-3-11-12(5-9)15-7-14-11/h2-3,5,8,10,13H,4,6-7H2,1H3. The molecule has 0 bridgehead atoms. The molecule has 2 unspecified atom stereocenters. The van der Waals surface area contributed by atoms with Gasteiger partial charge in [-0.05, 0) is 37.0 Å². The van der Waals surface area contributed by atoms with Crippen LogP contribution in [0.15, 0.2) is 18.2 Å². The minimum Gasteiger partial charge on any atom is -0.454 e. The highest BCUT2D eigenvalue weighted by atomic mass is 16.7. The summed E-state index contributed by atoms with van der Waals surface area (Å²) in [7, 11) is 0. The molecule has 2 aliphatic heterocycles. The van der Waals surface area contributed by atoms with Crippen LogP contribution in [0.25, 0.3) is 0 Å². The van der Waals surface area contributed by atoms with E-state index in [0.717, 1.165) is 18.0 Å². The van der Waals surface area contributed by atoms with Crippen molar-refractivity contribution in [2.75, 3.05) is 13.3 Å². The van der Waals surface area contributed by atoms with E-state index in [9.17, 15) is 0 Å². The molecule has 0 spiro atoms. The van der Waals surface area contributed by atoms with Crippen LogP contribution in [0, 0.1) is 0 Å². The van der Waals surface area contributed by atoms with Crippen molar-refractivity contribution < 1.29 is 9.47 Å². The molecule has 3 nitrogen and oxygen atoms in total. The van der Waals surface area contributed by atoms with Crippen molar-refractivity contribution in [2.24, 2.45) is 0 Å². The molecule has 2 heterocycles. The smallest absolute Gasteiger partial charge is 0.231 e. The van der Waals surface area contributed by atoms with Gasteiger partial charge in [0.2, 0.25) is 6.79 Å². The molecule has 3 heteroatoms. The highest BCUT2D eigenvalue weighted by Crippen LogP contribution is 2.36. The maximum absolute atomic E-state index is 5.38. The lowest BCUT2D eigenvalue weighted by atomic mass is 9.96. The number of ether oxygens (including phenoxy) is 2. The molecule has 0 amide bonds. The van der Waals surface area contributed by atoms with Gasteiger partial charge < -0.3 is 14.8 Å². The summed E-state index contributed by atoms with van der Waals surface area (Å²) in [5.41, 5.74) is 1.36. The number of nitrogens with one attached hydrogen (secondary N) is 1. The van der Waals surface area contributed by atoms with Crippen LogP contribution in [-0.4, -0.2) is 19.4 Å². The third-order valence-corrected chi connectivity index (χ3v) is 3.22. The molecule has 1 N–H and O–H groups in total. The van der Waals surface area contributed by atoms with Crippen molar-refractivity contribution in [1.82, 2.24) is 5.32 Å². The van der Waals surface area contributed by atoms with Crippen molar-refractivity contribution in [1.29, 1.82) is 0 Å². The van der Waals surface area contributed by atoms with Crippen LogP contribution in [0.3, 0.4) is 0 Å². The number of hydrogen-bond acceptors (Lipinski definition) is 3. The zero-order chi connectivity index (χ0) is 10.3. The van der Waals surface area contributed by atoms with Crippen LogP contribution >= 0.6 is 0 Å². The van der Waals surface area contributed by atoms with Gasteiger partial charge in [0.05, 0.1) is 0 Å². The normalized spacial score (nSPS) is 28.3. The largest absolute Gasteiger partial charge is 0.454 e. The van der Waals surface area contributed by atoms with Gasteiger partial charge in [0.25, 0.3) is 0 Å². The number of fused-ring (bicyclic) bond motifs is 1. The molecular weight excluding hydrogens is 190 g/mol. The second kappa shape index (κ2) is 3.42. The van der Waals surface area contributed by atoms with E-state index in [2.05, 4.69) is 24.4 Å². The maximum Gasteiger partial charge on any atom is 0.231 e. The average molecular weight is 205 g/mol. The molecule has 0 aliphatic carbocycles. The fourth-order valence-electron chi connectivity index (χ4n) is 2.36. The van der Waals surface area contributed by atoms with Gasteiger partial charge in [0.1, 0.15) is 0 Å². The minimum absolute atomic E-state index is 0.359. The molecule has 0 radical (unpaired) electrons. The zero-order valence-corrected chi connectivity index (χ0v) is 8.82. The van der Waals surface area contributed by atoms with Gasteiger partial charge in [-0.2, -0.15) is 0 Å². The van der Waals surface area contributed by atoms with Crippen molar-refractivity contribution in [3.63, 3.8) is 0 Å². The van der Waals surface area contributed by atoms with Gasteiger partial charge >= 0.3 is 0 Å². The first-order valence-electron chi connectivity index (χ1n) is 5.46. The number of benzene rings is 1. The van der Waals surface area contributed by atoms with Crippen molar-refractivity contribution >= 4 is 0 Å². The lowest BCUT2D eigenvalue weighted by Crippen LogP contribution is -2.16. The Morgan fingerprint density at radius 2 is 2.13 bits per heavy atom. The van der Waals surface area contributed by atoms with Crippen LogP contribution in [0.1, 0.15) is 24.8 Å². The molecule has 2 atom stereocenters. The summed E-state index contributed by atoms with van der Waals surface area (Å²) in [4.78, 5) is 0. The van der Waals surface area contributed by atoms with E-state index in [4.69, 9.17) is 9.47 Å². The SMILES string of the molecule is CC1CC(c2ccc3c(c2)OCO3)CN1. The molecule has 1 aromatic carbocycles. The van der Waals surface area contributed by atoms with E-state index in [-0.39, 0.29) is 0 Å². The highest BCUT2D eigenvalue weighted by molar-refractivity contribution is 5.45. The lowest BCUT2D eigenvalue weighted by molar-refractivity contribution is 0.174. The third-order valence-electron chi connectivity index (χ3n) is 3.22. The van der Waals surface area contributed by atoms with E-state index >= 15 is 0 Å². The Bertz CT molecular complexity index is 378. The molecule has 3 rings (SSSR count). The maximum atomic E-state index is 5.38. The Balaban J connectivity index is 1.87. The average Bonchev–Trinajstić information content (AvgIpc) is 2.84. The summed E-state index contributed by atoms with van der Waals surface area (Å²) in [5.74, 6) is 2.39. The predicted molar refractivity (Wildman–Crippen MR) is 57.4 cm³/mol. The fraction of sp³-hybridized carbons (Fsp3) is 0.500. The van der Waals surface area contributed by atoms with Gasteiger partial charge in [0.15, 0.2) is 11.5 Å². The highest BCUT2D eigenvalue weighted by Gasteiger charge is 2.24. The molecule has 80 valence electrons. The Morgan fingerprint density at radius 3 is 2.93 bits per heavy atom. The summed E-state index contributed by atoms with van der Waals surface area (Å²) < 4.78 is 10.7. The molecule has 0 aromatic heterocycles. The van der Waals surface area contributed by atoms with Gasteiger partial charge in [-0.3, -0.25) is 0 Å². The second-order valence-corrected chi connectivity index (χ2v) is 4.35.